The Bertz CT molecular complexity index is 356. The van der Waals surface area contributed by atoms with Crippen molar-refractivity contribution in [3.05, 3.63) is 5.01 Å². The van der Waals surface area contributed by atoms with Gasteiger partial charge in [-0.1, -0.05) is 18.3 Å². The van der Waals surface area contributed by atoms with Crippen LogP contribution >= 0.6 is 11.3 Å². The molecule has 0 aliphatic heterocycles. The maximum absolute atomic E-state index is 11.7. The highest BCUT2D eigenvalue weighted by Gasteiger charge is 2.15. The zero-order valence-corrected chi connectivity index (χ0v) is 10.9. The molecule has 0 aliphatic rings. The molecule has 6 nitrogen and oxygen atoms in total. The number of amides is 1. The van der Waals surface area contributed by atoms with E-state index < -0.39 is 6.04 Å². The molecule has 0 bridgehead atoms. The van der Waals surface area contributed by atoms with Crippen LogP contribution in [0.25, 0.3) is 0 Å². The number of nitrogens with two attached hydrogens (primary N) is 1. The Kier molecular flexibility index (Phi) is 6.03. The number of ether oxygens (including phenoxy) is 1. The zero-order valence-electron chi connectivity index (χ0n) is 10.1. The van der Waals surface area contributed by atoms with Gasteiger partial charge in [0.05, 0.1) is 6.04 Å². The first-order chi connectivity index (χ1) is 8.17. The fraction of sp³-hybridized carbons (Fsp3) is 0.700. The van der Waals surface area contributed by atoms with Crippen LogP contribution in [0.4, 0.5) is 5.13 Å². The third-order valence-corrected chi connectivity index (χ3v) is 3.18. The highest BCUT2D eigenvalue weighted by molar-refractivity contribution is 7.15. The van der Waals surface area contributed by atoms with Crippen LogP contribution < -0.4 is 11.1 Å². The molecule has 1 aromatic heterocycles. The number of anilines is 1. The molecule has 3 N–H and O–H groups in total. The third-order valence-electron chi connectivity index (χ3n) is 2.20. The fourth-order valence-corrected chi connectivity index (χ4v) is 1.91. The van der Waals surface area contributed by atoms with Crippen LogP contribution in [0.15, 0.2) is 0 Å². The topological polar surface area (TPSA) is 90.1 Å². The van der Waals surface area contributed by atoms with Gasteiger partial charge in [-0.05, 0) is 19.3 Å². The Morgan fingerprint density at radius 2 is 2.35 bits per heavy atom. The van der Waals surface area contributed by atoms with Crippen LogP contribution in [-0.2, 0) is 16.0 Å². The Morgan fingerprint density at radius 1 is 1.59 bits per heavy atom. The van der Waals surface area contributed by atoms with Crippen molar-refractivity contribution in [2.75, 3.05) is 19.0 Å². The van der Waals surface area contributed by atoms with E-state index in [1.54, 1.807) is 7.11 Å². The predicted octanol–water partition coefficient (Wildman–Crippen LogP) is 0.793. The highest BCUT2D eigenvalue weighted by atomic mass is 32.1. The molecule has 17 heavy (non-hydrogen) atoms. The molecule has 96 valence electrons. The van der Waals surface area contributed by atoms with Crippen molar-refractivity contribution in [2.24, 2.45) is 5.73 Å². The minimum atomic E-state index is -0.529. The quantitative estimate of drug-likeness (QED) is 0.706. The van der Waals surface area contributed by atoms with E-state index in [2.05, 4.69) is 15.5 Å². The zero-order chi connectivity index (χ0) is 12.7. The van der Waals surface area contributed by atoms with Gasteiger partial charge in [-0.2, -0.15) is 0 Å². The van der Waals surface area contributed by atoms with E-state index in [4.69, 9.17) is 10.5 Å². The average Bonchev–Trinajstić information content (AvgIpc) is 2.77. The molecule has 0 aromatic carbocycles. The second-order valence-electron chi connectivity index (χ2n) is 3.59. The lowest BCUT2D eigenvalue weighted by atomic mass is 10.1. The van der Waals surface area contributed by atoms with Gasteiger partial charge >= 0.3 is 0 Å². The number of methoxy groups -OCH3 is 1. The Balaban J connectivity index is 2.37. The summed E-state index contributed by atoms with van der Waals surface area (Å²) < 4.78 is 4.90. The average molecular weight is 258 g/mol. The first-order valence-corrected chi connectivity index (χ1v) is 6.36. The number of aryl methyl sites for hydroxylation is 1. The molecule has 0 aliphatic carbocycles. The predicted molar refractivity (Wildman–Crippen MR) is 67.0 cm³/mol. The van der Waals surface area contributed by atoms with Gasteiger partial charge in [-0.3, -0.25) is 10.1 Å². The van der Waals surface area contributed by atoms with Crippen molar-refractivity contribution < 1.29 is 9.53 Å². The van der Waals surface area contributed by atoms with Gasteiger partial charge in [0.2, 0.25) is 11.0 Å². The molecule has 1 atom stereocenters. The van der Waals surface area contributed by atoms with Crippen molar-refractivity contribution in [1.82, 2.24) is 10.2 Å². The number of carbonyl (C=O) groups is 1. The summed E-state index contributed by atoms with van der Waals surface area (Å²) in [4.78, 5) is 11.7. The standard InChI is InChI=1S/C10H18N4O2S/c1-3-8-13-14-10(17-8)12-9(15)7(11)5-4-6-16-2/h7H,3-6,11H2,1-2H3,(H,12,14,15). The number of carbonyl (C=O) groups excluding carboxylic acids is 1. The molecule has 0 saturated heterocycles. The molecule has 0 fully saturated rings. The molecule has 0 radical (unpaired) electrons. The lowest BCUT2D eigenvalue weighted by molar-refractivity contribution is -0.117. The SMILES string of the molecule is CCc1nnc(NC(=O)C(N)CCCOC)s1. The van der Waals surface area contributed by atoms with Crippen LogP contribution in [0.1, 0.15) is 24.8 Å². The normalized spacial score (nSPS) is 12.4. The number of hydrogen-bond donors (Lipinski definition) is 2. The van der Waals surface area contributed by atoms with E-state index >= 15 is 0 Å². The van der Waals surface area contributed by atoms with E-state index in [1.807, 2.05) is 6.92 Å². The lowest BCUT2D eigenvalue weighted by Crippen LogP contribution is -2.35. The van der Waals surface area contributed by atoms with E-state index in [-0.39, 0.29) is 5.91 Å². The molecule has 1 rings (SSSR count). The maximum Gasteiger partial charge on any atom is 0.243 e. The minimum Gasteiger partial charge on any atom is -0.385 e. The largest absolute Gasteiger partial charge is 0.385 e. The number of nitrogens with zero attached hydrogens (tertiary/aromatic N) is 2. The lowest BCUT2D eigenvalue weighted by Gasteiger charge is -2.09. The number of nitrogens with one attached hydrogen (secondary N) is 1. The van der Waals surface area contributed by atoms with Crippen LogP contribution in [-0.4, -0.2) is 35.9 Å². The smallest absolute Gasteiger partial charge is 0.243 e. The highest BCUT2D eigenvalue weighted by Crippen LogP contribution is 2.15. The van der Waals surface area contributed by atoms with Gasteiger partial charge in [0.15, 0.2) is 0 Å². The van der Waals surface area contributed by atoms with Crippen molar-refractivity contribution in [2.45, 2.75) is 32.2 Å². The third kappa shape index (κ3) is 4.76. The van der Waals surface area contributed by atoms with E-state index in [0.717, 1.165) is 17.8 Å². The molecule has 0 saturated carbocycles. The second-order valence-corrected chi connectivity index (χ2v) is 4.65. The van der Waals surface area contributed by atoms with Gasteiger partial charge in [0.1, 0.15) is 5.01 Å². The van der Waals surface area contributed by atoms with E-state index in [9.17, 15) is 4.79 Å². The molecule has 1 amide bonds. The van der Waals surface area contributed by atoms with Crippen LogP contribution in [0, 0.1) is 0 Å². The van der Waals surface area contributed by atoms with Gasteiger partial charge in [0, 0.05) is 13.7 Å². The van der Waals surface area contributed by atoms with Gasteiger partial charge in [-0.25, -0.2) is 0 Å². The molecule has 1 unspecified atom stereocenters. The number of hydrogen-bond acceptors (Lipinski definition) is 6. The summed E-state index contributed by atoms with van der Waals surface area (Å²) >= 11 is 1.37. The summed E-state index contributed by atoms with van der Waals surface area (Å²) in [6, 6.07) is -0.529. The summed E-state index contributed by atoms with van der Waals surface area (Å²) in [7, 11) is 1.62. The van der Waals surface area contributed by atoms with E-state index in [0.29, 0.717) is 18.2 Å². The Morgan fingerprint density at radius 3 is 2.94 bits per heavy atom. The first-order valence-electron chi connectivity index (χ1n) is 5.55. The van der Waals surface area contributed by atoms with Gasteiger partial charge in [0.25, 0.3) is 0 Å². The van der Waals surface area contributed by atoms with Crippen molar-refractivity contribution >= 4 is 22.4 Å². The number of aromatic nitrogens is 2. The second kappa shape index (κ2) is 7.31. The van der Waals surface area contributed by atoms with Crippen molar-refractivity contribution in [1.29, 1.82) is 0 Å². The van der Waals surface area contributed by atoms with Crippen LogP contribution in [0.5, 0.6) is 0 Å². The first kappa shape index (κ1) is 14.0. The minimum absolute atomic E-state index is 0.222. The Hall–Kier alpha value is -1.05. The summed E-state index contributed by atoms with van der Waals surface area (Å²) in [6.45, 7) is 2.60. The molecule has 1 aromatic rings. The van der Waals surface area contributed by atoms with Gasteiger partial charge in [-0.15, -0.1) is 10.2 Å². The number of rotatable bonds is 7. The van der Waals surface area contributed by atoms with Crippen LogP contribution in [0.3, 0.4) is 0 Å². The fourth-order valence-electron chi connectivity index (χ4n) is 1.22. The molecular formula is C10H18N4O2S. The summed E-state index contributed by atoms with van der Waals surface area (Å²) in [5, 5.41) is 11.8. The van der Waals surface area contributed by atoms with Crippen LogP contribution in [0.2, 0.25) is 0 Å². The van der Waals surface area contributed by atoms with Gasteiger partial charge < -0.3 is 10.5 Å². The maximum atomic E-state index is 11.7. The van der Waals surface area contributed by atoms with E-state index in [1.165, 1.54) is 11.3 Å². The van der Waals surface area contributed by atoms with Crippen molar-refractivity contribution in [3.63, 3.8) is 0 Å². The summed E-state index contributed by atoms with van der Waals surface area (Å²) in [5.74, 6) is -0.222. The summed E-state index contributed by atoms with van der Waals surface area (Å²) in [5.41, 5.74) is 5.73. The molecule has 7 heteroatoms. The summed E-state index contributed by atoms with van der Waals surface area (Å²) in [6.07, 6.45) is 2.17. The monoisotopic (exact) mass is 258 g/mol. The molecular weight excluding hydrogens is 240 g/mol. The molecule has 1 heterocycles. The Labute approximate surface area is 105 Å². The van der Waals surface area contributed by atoms with Crippen molar-refractivity contribution in [3.8, 4) is 0 Å². The molecule has 0 spiro atoms.